The number of nitrogens with zero attached hydrogens (tertiary/aromatic N) is 6. The van der Waals surface area contributed by atoms with Gasteiger partial charge in [-0.2, -0.15) is 19.9 Å². The van der Waals surface area contributed by atoms with Gasteiger partial charge in [0.25, 0.3) is 5.78 Å². The van der Waals surface area contributed by atoms with Gasteiger partial charge in [0.15, 0.2) is 0 Å². The van der Waals surface area contributed by atoms with Crippen LogP contribution in [0.3, 0.4) is 0 Å². The Hall–Kier alpha value is -2.16. The normalized spacial score (nSPS) is 12.4. The van der Waals surface area contributed by atoms with Crippen molar-refractivity contribution < 1.29 is 0 Å². The monoisotopic (exact) mass is 230 g/mol. The molecule has 0 bridgehead atoms. The Bertz CT molecular complexity index is 567. The summed E-state index contributed by atoms with van der Waals surface area (Å²) >= 11 is 0. The molecule has 2 aromatic rings. The fourth-order valence-corrected chi connectivity index (χ4v) is 1.73. The Kier molecular flexibility index (Phi) is 2.91. The highest BCUT2D eigenvalue weighted by molar-refractivity contribution is 5.46. The molecule has 17 heavy (non-hydrogen) atoms. The van der Waals surface area contributed by atoms with E-state index in [2.05, 4.69) is 21.1 Å². The maximum Gasteiger partial charge on any atom is 0.254 e. The SMILES string of the molecule is Cc1cc(N(C)CC(C)C#N)n2ncnc2n1. The fourth-order valence-electron chi connectivity index (χ4n) is 1.73. The predicted octanol–water partition coefficient (Wildman–Crippen LogP) is 1.03. The minimum atomic E-state index is -0.0351. The first-order valence-electron chi connectivity index (χ1n) is 5.40. The summed E-state index contributed by atoms with van der Waals surface area (Å²) in [6.07, 6.45) is 1.48. The molecule has 0 amide bonds. The predicted molar refractivity (Wildman–Crippen MR) is 63.6 cm³/mol. The van der Waals surface area contributed by atoms with E-state index in [1.807, 2.05) is 31.9 Å². The van der Waals surface area contributed by atoms with Crippen LogP contribution in [0.5, 0.6) is 0 Å². The summed E-state index contributed by atoms with van der Waals surface area (Å²) in [7, 11) is 1.93. The smallest absolute Gasteiger partial charge is 0.254 e. The molecule has 0 aliphatic carbocycles. The van der Waals surface area contributed by atoms with Crippen LogP contribution < -0.4 is 4.90 Å². The van der Waals surface area contributed by atoms with Crippen LogP contribution in [0, 0.1) is 24.2 Å². The second-order valence-electron chi connectivity index (χ2n) is 4.14. The van der Waals surface area contributed by atoms with E-state index >= 15 is 0 Å². The van der Waals surface area contributed by atoms with E-state index in [1.54, 1.807) is 4.52 Å². The second kappa shape index (κ2) is 4.37. The molecule has 0 fully saturated rings. The number of hydrogen-bond acceptors (Lipinski definition) is 5. The number of fused-ring (bicyclic) bond motifs is 1. The van der Waals surface area contributed by atoms with Crippen molar-refractivity contribution in [1.82, 2.24) is 19.6 Å². The molecule has 6 nitrogen and oxygen atoms in total. The lowest BCUT2D eigenvalue weighted by atomic mass is 10.2. The molecule has 0 aliphatic rings. The number of nitriles is 1. The van der Waals surface area contributed by atoms with Crippen LogP contribution in [-0.4, -0.2) is 33.2 Å². The van der Waals surface area contributed by atoms with Crippen LogP contribution in [0.15, 0.2) is 12.4 Å². The Balaban J connectivity index is 2.40. The van der Waals surface area contributed by atoms with Gasteiger partial charge in [-0.25, -0.2) is 4.98 Å². The van der Waals surface area contributed by atoms with Gasteiger partial charge in [0.2, 0.25) is 0 Å². The van der Waals surface area contributed by atoms with Crippen LogP contribution >= 0.6 is 0 Å². The van der Waals surface area contributed by atoms with Crippen LogP contribution in [0.4, 0.5) is 5.82 Å². The Morgan fingerprint density at radius 2 is 2.35 bits per heavy atom. The third-order valence-corrected chi connectivity index (χ3v) is 2.52. The van der Waals surface area contributed by atoms with Gasteiger partial charge in [-0.3, -0.25) is 0 Å². The third-order valence-electron chi connectivity index (χ3n) is 2.52. The summed E-state index contributed by atoms with van der Waals surface area (Å²) in [5.41, 5.74) is 0.886. The minimum absolute atomic E-state index is 0.0351. The van der Waals surface area contributed by atoms with Gasteiger partial charge in [-0.1, -0.05) is 0 Å². The van der Waals surface area contributed by atoms with E-state index in [-0.39, 0.29) is 5.92 Å². The molecular formula is C11H14N6. The van der Waals surface area contributed by atoms with Crippen LogP contribution in [-0.2, 0) is 0 Å². The lowest BCUT2D eigenvalue weighted by Gasteiger charge is -2.20. The van der Waals surface area contributed by atoms with Gasteiger partial charge in [-0.05, 0) is 13.8 Å². The van der Waals surface area contributed by atoms with Gasteiger partial charge < -0.3 is 4.90 Å². The Morgan fingerprint density at radius 1 is 1.59 bits per heavy atom. The molecule has 2 heterocycles. The Labute approximate surface area is 99.5 Å². The molecule has 0 aromatic carbocycles. The zero-order valence-corrected chi connectivity index (χ0v) is 10.1. The van der Waals surface area contributed by atoms with Gasteiger partial charge in [0.1, 0.15) is 12.1 Å². The van der Waals surface area contributed by atoms with E-state index in [4.69, 9.17) is 5.26 Å². The first-order valence-corrected chi connectivity index (χ1v) is 5.40. The maximum absolute atomic E-state index is 8.83. The minimum Gasteiger partial charge on any atom is -0.358 e. The van der Waals surface area contributed by atoms with Gasteiger partial charge >= 0.3 is 0 Å². The van der Waals surface area contributed by atoms with Gasteiger partial charge in [0, 0.05) is 25.4 Å². The van der Waals surface area contributed by atoms with Crippen molar-refractivity contribution in [1.29, 1.82) is 5.26 Å². The lowest BCUT2D eigenvalue weighted by molar-refractivity contribution is 0.698. The number of rotatable bonds is 3. The quantitative estimate of drug-likeness (QED) is 0.787. The molecule has 0 saturated heterocycles. The summed E-state index contributed by atoms with van der Waals surface area (Å²) in [5.74, 6) is 1.44. The van der Waals surface area contributed by atoms with Gasteiger partial charge in [0.05, 0.1) is 12.0 Å². The zero-order chi connectivity index (χ0) is 12.4. The molecule has 2 rings (SSSR count). The lowest BCUT2D eigenvalue weighted by Crippen LogP contribution is -2.25. The standard InChI is InChI=1S/C11H14N6/c1-8(5-12)6-16(3)10-4-9(2)15-11-13-7-14-17(10)11/h4,7-8H,6H2,1-3H3. The highest BCUT2D eigenvalue weighted by Crippen LogP contribution is 2.15. The topological polar surface area (TPSA) is 70.1 Å². The summed E-state index contributed by atoms with van der Waals surface area (Å²) in [5, 5.41) is 13.0. The second-order valence-corrected chi connectivity index (χ2v) is 4.14. The Morgan fingerprint density at radius 3 is 3.06 bits per heavy atom. The molecule has 0 aliphatic heterocycles. The van der Waals surface area contributed by atoms with Crippen molar-refractivity contribution in [3.8, 4) is 6.07 Å². The van der Waals surface area contributed by atoms with Crippen LogP contribution in [0.1, 0.15) is 12.6 Å². The van der Waals surface area contributed by atoms with Crippen LogP contribution in [0.2, 0.25) is 0 Å². The number of anilines is 1. The van der Waals surface area contributed by atoms with Gasteiger partial charge in [-0.15, -0.1) is 0 Å². The van der Waals surface area contributed by atoms with Crippen molar-refractivity contribution >= 4 is 11.6 Å². The van der Waals surface area contributed by atoms with E-state index < -0.39 is 0 Å². The van der Waals surface area contributed by atoms with E-state index in [9.17, 15) is 0 Å². The van der Waals surface area contributed by atoms with Crippen molar-refractivity contribution in [2.24, 2.45) is 5.92 Å². The van der Waals surface area contributed by atoms with Crippen molar-refractivity contribution in [2.75, 3.05) is 18.5 Å². The van der Waals surface area contributed by atoms with E-state index in [0.29, 0.717) is 12.3 Å². The highest BCUT2D eigenvalue weighted by Gasteiger charge is 2.12. The molecule has 0 saturated carbocycles. The molecule has 0 spiro atoms. The zero-order valence-electron chi connectivity index (χ0n) is 10.1. The summed E-state index contributed by atoms with van der Waals surface area (Å²) in [6.45, 7) is 4.46. The first-order chi connectivity index (χ1) is 8.11. The molecule has 1 atom stereocenters. The summed E-state index contributed by atoms with van der Waals surface area (Å²) < 4.78 is 1.68. The number of aryl methyl sites for hydroxylation is 1. The van der Waals surface area contributed by atoms with E-state index in [1.165, 1.54) is 6.33 Å². The molecule has 1 unspecified atom stereocenters. The first kappa shape index (κ1) is 11.3. The van der Waals surface area contributed by atoms with Crippen molar-refractivity contribution in [3.05, 3.63) is 18.1 Å². The average molecular weight is 230 g/mol. The van der Waals surface area contributed by atoms with Crippen molar-refractivity contribution in [3.63, 3.8) is 0 Å². The van der Waals surface area contributed by atoms with Crippen molar-refractivity contribution in [2.45, 2.75) is 13.8 Å². The molecule has 88 valence electrons. The molecule has 2 aromatic heterocycles. The molecular weight excluding hydrogens is 216 g/mol. The third kappa shape index (κ3) is 2.18. The highest BCUT2D eigenvalue weighted by atomic mass is 15.4. The number of aromatic nitrogens is 4. The fraction of sp³-hybridized carbons (Fsp3) is 0.455. The maximum atomic E-state index is 8.83. The summed E-state index contributed by atoms with van der Waals surface area (Å²) in [4.78, 5) is 10.3. The largest absolute Gasteiger partial charge is 0.358 e. The number of hydrogen-bond donors (Lipinski definition) is 0. The molecule has 6 heteroatoms. The average Bonchev–Trinajstić information content (AvgIpc) is 2.75. The summed E-state index contributed by atoms with van der Waals surface area (Å²) in [6, 6.07) is 4.16. The van der Waals surface area contributed by atoms with E-state index in [0.717, 1.165) is 11.5 Å². The van der Waals surface area contributed by atoms with Crippen LogP contribution in [0.25, 0.3) is 5.78 Å². The molecule has 0 N–H and O–H groups in total. The molecule has 0 radical (unpaired) electrons.